The summed E-state index contributed by atoms with van der Waals surface area (Å²) in [4.78, 5) is 120. The van der Waals surface area contributed by atoms with E-state index < -0.39 is 72.1 Å². The van der Waals surface area contributed by atoms with Crippen LogP contribution in [-0.2, 0) is 62.0 Å². The van der Waals surface area contributed by atoms with Crippen molar-refractivity contribution < 1.29 is 76.7 Å². The molecular formula is C64H114N10O16. The number of carboxylic acids is 1. The number of aliphatic carboxylic acids is 1. The first-order valence-corrected chi connectivity index (χ1v) is 33.4. The number of hydrogen-bond donors (Lipinski definition) is 10. The highest BCUT2D eigenvalue weighted by Crippen LogP contribution is 2.43. The van der Waals surface area contributed by atoms with Gasteiger partial charge in [0.1, 0.15) is 24.6 Å². The second kappa shape index (κ2) is 46.8. The first kappa shape index (κ1) is 79.9. The van der Waals surface area contributed by atoms with Crippen molar-refractivity contribution in [3.63, 3.8) is 0 Å². The molecule has 2 unspecified atom stereocenters. The molecule has 516 valence electrons. The van der Waals surface area contributed by atoms with E-state index >= 15 is 0 Å². The van der Waals surface area contributed by atoms with Gasteiger partial charge in [0.05, 0.1) is 56.9 Å². The molecule has 0 saturated heterocycles. The van der Waals surface area contributed by atoms with Crippen LogP contribution in [0, 0.1) is 40.9 Å². The van der Waals surface area contributed by atoms with Crippen LogP contribution in [0.3, 0.4) is 0 Å². The minimum atomic E-state index is -1.15. The third kappa shape index (κ3) is 32.7. The molecular weight excluding hydrogens is 1160 g/mol. The van der Waals surface area contributed by atoms with Crippen LogP contribution in [0.5, 0.6) is 0 Å². The second-order valence-corrected chi connectivity index (χ2v) is 24.1. The zero-order valence-electron chi connectivity index (χ0n) is 55.2. The quantitative estimate of drug-likeness (QED) is 0.0100. The molecule has 10 atom stereocenters. The maximum atomic E-state index is 13.5. The summed E-state index contributed by atoms with van der Waals surface area (Å²) >= 11 is 0. The number of rotatable bonds is 51. The average Bonchev–Trinajstić information content (AvgIpc) is 1.66. The van der Waals surface area contributed by atoms with E-state index in [1.54, 1.807) is 0 Å². The van der Waals surface area contributed by atoms with Gasteiger partial charge in [-0.05, 0) is 75.5 Å². The average molecular weight is 1280 g/mol. The summed E-state index contributed by atoms with van der Waals surface area (Å²) in [5.74, 6) is -4.95. The first-order valence-electron chi connectivity index (χ1n) is 33.4. The fourth-order valence-corrected chi connectivity index (χ4v) is 12.6. The van der Waals surface area contributed by atoms with Gasteiger partial charge in [-0.3, -0.25) is 39.0 Å². The number of carbonyl (C=O) groups excluding carboxylic acids is 8. The van der Waals surface area contributed by atoms with Crippen molar-refractivity contribution in [3.8, 4) is 0 Å². The molecule has 26 heteroatoms. The maximum absolute atomic E-state index is 13.5. The summed E-state index contributed by atoms with van der Waals surface area (Å²) < 4.78 is 33.5. The van der Waals surface area contributed by atoms with Gasteiger partial charge in [0.2, 0.25) is 17.7 Å². The van der Waals surface area contributed by atoms with Crippen molar-refractivity contribution in [2.75, 3.05) is 59.3 Å². The molecule has 0 aromatic carbocycles. The molecule has 2 fully saturated rings. The number of amidine groups is 1. The Balaban J connectivity index is 1.85. The van der Waals surface area contributed by atoms with Gasteiger partial charge in [-0.15, -0.1) is 0 Å². The fraction of sp³-hybridized carbons (Fsp3) is 0.828. The topological polar surface area (TPSA) is 404 Å². The van der Waals surface area contributed by atoms with E-state index in [-0.39, 0.29) is 130 Å². The van der Waals surface area contributed by atoms with Crippen molar-refractivity contribution in [2.24, 2.45) is 57.7 Å². The molecule has 0 aliphatic heterocycles. The van der Waals surface area contributed by atoms with E-state index in [2.05, 4.69) is 45.4 Å². The number of aliphatic imine (C=N–C) groups is 1. The zero-order chi connectivity index (χ0) is 66.8. The van der Waals surface area contributed by atoms with Crippen molar-refractivity contribution >= 4 is 65.2 Å². The van der Waals surface area contributed by atoms with E-state index in [4.69, 9.17) is 51.0 Å². The SMILES string of the molecule is CCCOCCOCCOCCOC(=O)N[C@H](CCC(=O)CCCCCCCNC(=O)O[C@@H]1CC[C@@H](CC(=N)N)[C@@H]1[C@H](NC(C)=O)C(CC)CC)C(=O)CCC(=O)NCCCCCCCC(=O)O[C@H]1C(C(NC(C)=O)C(CC)CC)[C@H](N=C(N)N)C[C@@H]1C(=O)O. The lowest BCUT2D eigenvalue weighted by molar-refractivity contribution is -0.160. The van der Waals surface area contributed by atoms with Gasteiger partial charge in [-0.2, -0.15) is 0 Å². The lowest BCUT2D eigenvalue weighted by Crippen LogP contribution is -2.51. The Morgan fingerprint density at radius 2 is 1.12 bits per heavy atom. The molecule has 26 nitrogen and oxygen atoms in total. The first-order chi connectivity index (χ1) is 43.1. The number of alkyl carbamates (subject to hydrolysis) is 2. The third-order valence-corrected chi connectivity index (χ3v) is 17.2. The number of esters is 1. The zero-order valence-corrected chi connectivity index (χ0v) is 55.2. The van der Waals surface area contributed by atoms with Crippen LogP contribution in [0.15, 0.2) is 4.99 Å². The summed E-state index contributed by atoms with van der Waals surface area (Å²) in [6.07, 6.45) is 9.87. The standard InChI is InChI=1S/C64H114N10O16/c1-8-33-85-34-35-86-36-37-87-38-39-88-64(84)74-49(27-26-47(77)23-19-15-13-18-22-32-70-63(83)89-52-29-25-46(40-53(65)66)56(52)58(71-42(6)75)44(9-2)10-3)51(78)28-30-54(79)69-31-21-17-14-16-20-24-55(80)90-60-48(61(81)82)41-50(73-62(67)68)57(60)59(72-43(7)76)45(11-4)12-5/h44-46,48-50,52,56-60H,8-41H2,1-7H3,(H3,65,66)(H,69,79)(H,70,83)(H,71,75)(H,72,76)(H,74,84)(H,81,82)(H4,67,68,73)/t46-,48-,49+,50+,52+,56-,57?,58+,59?,60+/m0/s1. The Hall–Kier alpha value is -6.15. The molecule has 0 radical (unpaired) electrons. The summed E-state index contributed by atoms with van der Waals surface area (Å²) in [5, 5.41) is 32.5. The Morgan fingerprint density at radius 1 is 0.589 bits per heavy atom. The Bertz CT molecular complexity index is 2200. The van der Waals surface area contributed by atoms with Gasteiger partial charge in [-0.25, -0.2) is 14.6 Å². The van der Waals surface area contributed by atoms with E-state index in [1.165, 1.54) is 13.8 Å². The van der Waals surface area contributed by atoms with E-state index in [0.717, 1.165) is 57.8 Å². The minimum Gasteiger partial charge on any atom is -0.481 e. The molecule has 2 aliphatic carbocycles. The predicted molar refractivity (Wildman–Crippen MR) is 341 cm³/mol. The van der Waals surface area contributed by atoms with Crippen LogP contribution in [0.4, 0.5) is 9.59 Å². The molecule has 2 rings (SSSR count). The smallest absolute Gasteiger partial charge is 0.407 e. The highest BCUT2D eigenvalue weighted by Gasteiger charge is 2.54. The van der Waals surface area contributed by atoms with Crippen LogP contribution < -0.4 is 43.8 Å². The summed E-state index contributed by atoms with van der Waals surface area (Å²) in [5.41, 5.74) is 17.3. The summed E-state index contributed by atoms with van der Waals surface area (Å²) in [7, 11) is 0. The Kier molecular flexibility index (Phi) is 41.6. The molecule has 90 heavy (non-hydrogen) atoms. The molecule has 0 bridgehead atoms. The number of nitrogens with two attached hydrogens (primary N) is 3. The van der Waals surface area contributed by atoms with Crippen LogP contribution in [0.2, 0.25) is 0 Å². The molecule has 2 saturated carbocycles. The van der Waals surface area contributed by atoms with Crippen LogP contribution in [0.25, 0.3) is 0 Å². The van der Waals surface area contributed by atoms with Crippen molar-refractivity contribution in [1.29, 1.82) is 5.41 Å². The molecule has 0 aromatic rings. The highest BCUT2D eigenvalue weighted by molar-refractivity contribution is 5.91. The van der Waals surface area contributed by atoms with Gasteiger partial charge < -0.3 is 77.3 Å². The van der Waals surface area contributed by atoms with E-state index in [1.807, 2.05) is 20.8 Å². The van der Waals surface area contributed by atoms with Crippen molar-refractivity contribution in [2.45, 2.75) is 245 Å². The number of guanidine groups is 1. The largest absolute Gasteiger partial charge is 0.481 e. The number of Topliss-reactive ketones (excluding diaryl/α,β-unsaturated/α-hetero) is 2. The van der Waals surface area contributed by atoms with Crippen LogP contribution >= 0.6 is 0 Å². The summed E-state index contributed by atoms with van der Waals surface area (Å²) in [6, 6.07) is -2.51. The number of hydrogen-bond acceptors (Lipinski definition) is 17. The monoisotopic (exact) mass is 1280 g/mol. The van der Waals surface area contributed by atoms with Gasteiger partial charge in [0.25, 0.3) is 0 Å². The molecule has 2 aliphatic rings. The van der Waals surface area contributed by atoms with Gasteiger partial charge in [0.15, 0.2) is 11.7 Å². The minimum absolute atomic E-state index is 0.00505. The van der Waals surface area contributed by atoms with E-state index in [9.17, 15) is 48.3 Å². The number of carbonyl (C=O) groups is 9. The number of ether oxygens (including phenoxy) is 6. The number of unbranched alkanes of at least 4 members (excludes halogenated alkanes) is 8. The fourth-order valence-electron chi connectivity index (χ4n) is 12.6. The van der Waals surface area contributed by atoms with Crippen LogP contribution in [-0.4, -0.2) is 166 Å². The highest BCUT2D eigenvalue weighted by atomic mass is 16.6. The number of amides is 5. The number of nitrogens with zero attached hydrogens (tertiary/aromatic N) is 1. The summed E-state index contributed by atoms with van der Waals surface area (Å²) in [6.45, 7) is 15.9. The second-order valence-electron chi connectivity index (χ2n) is 24.1. The normalized spacial score (nSPS) is 19.7. The Morgan fingerprint density at radius 3 is 1.67 bits per heavy atom. The number of nitrogens with one attached hydrogen (secondary N) is 6. The van der Waals surface area contributed by atoms with Gasteiger partial charge in [-0.1, -0.05) is 98.8 Å². The molecule has 13 N–H and O–H groups in total. The van der Waals surface area contributed by atoms with Crippen molar-refractivity contribution in [1.82, 2.24) is 26.6 Å². The van der Waals surface area contributed by atoms with Gasteiger partial charge >= 0.3 is 24.1 Å². The molecule has 0 aromatic heterocycles. The molecule has 0 heterocycles. The third-order valence-electron chi connectivity index (χ3n) is 17.2. The predicted octanol–water partition coefficient (Wildman–Crippen LogP) is 6.64. The lowest BCUT2D eigenvalue weighted by Gasteiger charge is -2.37. The maximum Gasteiger partial charge on any atom is 0.407 e. The lowest BCUT2D eigenvalue weighted by atomic mass is 9.77. The number of carboxylic acid groups (broad SMARTS) is 1. The van der Waals surface area contributed by atoms with Crippen molar-refractivity contribution in [3.05, 3.63) is 0 Å². The van der Waals surface area contributed by atoms with Crippen LogP contribution in [0.1, 0.15) is 209 Å². The molecule has 0 spiro atoms. The van der Waals surface area contributed by atoms with Gasteiger partial charge in [0, 0.05) is 96.0 Å². The van der Waals surface area contributed by atoms with E-state index in [0.29, 0.717) is 97.3 Å². The number of ketones is 2. The molecule has 5 amide bonds. The Labute approximate surface area is 534 Å².